The number of esters is 1. The molecule has 1 fully saturated rings. The lowest BCUT2D eigenvalue weighted by atomic mass is 9.98. The van der Waals surface area contributed by atoms with Crippen LogP contribution in [0.2, 0.25) is 0 Å². The zero-order valence-corrected chi connectivity index (χ0v) is 21.9. The number of benzene rings is 2. The quantitative estimate of drug-likeness (QED) is 0.386. The molecule has 5 rings (SSSR count). The summed E-state index contributed by atoms with van der Waals surface area (Å²) >= 11 is 0. The van der Waals surface area contributed by atoms with E-state index in [0.717, 1.165) is 29.9 Å². The summed E-state index contributed by atoms with van der Waals surface area (Å²) in [7, 11) is 0. The number of likely N-dealkylation sites (tertiary alicyclic amines) is 1. The topological polar surface area (TPSA) is 94.3 Å². The summed E-state index contributed by atoms with van der Waals surface area (Å²) in [6.07, 6.45) is 2.89. The van der Waals surface area contributed by atoms with Gasteiger partial charge in [0, 0.05) is 26.2 Å². The highest BCUT2D eigenvalue weighted by Crippen LogP contribution is 2.33. The van der Waals surface area contributed by atoms with Crippen LogP contribution < -0.4 is 9.47 Å². The van der Waals surface area contributed by atoms with Crippen LogP contribution in [0, 0.1) is 12.8 Å². The van der Waals surface area contributed by atoms with Gasteiger partial charge >= 0.3 is 5.97 Å². The number of carbonyl (C=O) groups excluding carboxylic acids is 2. The minimum atomic E-state index is -0.300. The normalized spacial score (nSPS) is 16.6. The number of oxazole rings is 1. The fourth-order valence-corrected chi connectivity index (χ4v) is 4.98. The number of hydrogen-bond donors (Lipinski definition) is 0. The molecule has 0 N–H and O–H groups in total. The summed E-state index contributed by atoms with van der Waals surface area (Å²) in [5.41, 5.74) is 3.69. The largest absolute Gasteiger partial charge is 0.466 e. The molecule has 1 aromatic heterocycles. The highest BCUT2D eigenvalue weighted by atomic mass is 16.7. The summed E-state index contributed by atoms with van der Waals surface area (Å²) in [5, 5.41) is 0. The molecular weight excluding hydrogens is 486 g/mol. The van der Waals surface area contributed by atoms with Gasteiger partial charge in [-0.1, -0.05) is 35.9 Å². The monoisotopic (exact) mass is 519 g/mol. The van der Waals surface area contributed by atoms with Crippen LogP contribution in [0.1, 0.15) is 52.8 Å². The van der Waals surface area contributed by atoms with Crippen molar-refractivity contribution in [1.82, 2.24) is 14.8 Å². The lowest BCUT2D eigenvalue weighted by molar-refractivity contribution is -0.149. The molecule has 2 aromatic carbocycles. The summed E-state index contributed by atoms with van der Waals surface area (Å²) in [5.74, 6) is 1.17. The first-order valence-electron chi connectivity index (χ1n) is 13.0. The fraction of sp³-hybridized carbons (Fsp3) is 0.414. The van der Waals surface area contributed by atoms with Crippen LogP contribution in [-0.2, 0) is 29.2 Å². The summed E-state index contributed by atoms with van der Waals surface area (Å²) in [6.45, 7) is 7.07. The molecule has 0 spiro atoms. The van der Waals surface area contributed by atoms with E-state index in [0.29, 0.717) is 45.2 Å². The van der Waals surface area contributed by atoms with Crippen molar-refractivity contribution in [2.45, 2.75) is 46.3 Å². The number of aryl methyl sites for hydroxylation is 1. The molecule has 2 aliphatic heterocycles. The maximum Gasteiger partial charge on any atom is 0.310 e. The average Bonchev–Trinajstić information content (AvgIpc) is 3.58. The molecule has 9 heteroatoms. The maximum atomic E-state index is 13.2. The third kappa shape index (κ3) is 6.16. The fourth-order valence-electron chi connectivity index (χ4n) is 4.98. The highest BCUT2D eigenvalue weighted by molar-refractivity contribution is 5.92. The van der Waals surface area contributed by atoms with E-state index in [4.69, 9.17) is 18.6 Å². The van der Waals surface area contributed by atoms with Crippen molar-refractivity contribution in [1.29, 1.82) is 0 Å². The standard InChI is InChI=1S/C29H33N3O6/c1-3-35-29(34)23-8-5-11-32(16-23)28(33)24-18-36-27(30-24)17-31(14-21-7-4-6-20(2)12-21)15-22-9-10-25-26(13-22)38-19-37-25/h4,6-7,9-10,12-13,18,23H,3,5,8,11,14-17,19H2,1-2H3. The molecule has 1 saturated heterocycles. The molecule has 1 amide bonds. The van der Waals surface area contributed by atoms with Crippen LogP contribution in [0.25, 0.3) is 0 Å². The Hall–Kier alpha value is -3.85. The number of piperidine rings is 1. The van der Waals surface area contributed by atoms with Crippen LogP contribution in [0.15, 0.2) is 53.1 Å². The van der Waals surface area contributed by atoms with E-state index in [9.17, 15) is 9.59 Å². The van der Waals surface area contributed by atoms with Gasteiger partial charge in [-0.15, -0.1) is 0 Å². The molecule has 1 unspecified atom stereocenters. The molecule has 1 atom stereocenters. The Morgan fingerprint density at radius 3 is 2.71 bits per heavy atom. The van der Waals surface area contributed by atoms with Gasteiger partial charge in [-0.05, 0) is 49.9 Å². The summed E-state index contributed by atoms with van der Waals surface area (Å²) in [6, 6.07) is 14.3. The van der Waals surface area contributed by atoms with E-state index in [-0.39, 0.29) is 30.3 Å². The molecular formula is C29H33N3O6. The summed E-state index contributed by atoms with van der Waals surface area (Å²) in [4.78, 5) is 33.8. The SMILES string of the molecule is CCOC(=O)C1CCCN(C(=O)c2coc(CN(Cc3cccc(C)c3)Cc3ccc4c(c3)OCO4)n2)C1. The Morgan fingerprint density at radius 2 is 1.89 bits per heavy atom. The molecule has 0 aliphatic carbocycles. The molecule has 3 heterocycles. The molecule has 0 radical (unpaired) electrons. The van der Waals surface area contributed by atoms with Gasteiger partial charge in [0.15, 0.2) is 17.2 Å². The van der Waals surface area contributed by atoms with Crippen molar-refractivity contribution in [2.24, 2.45) is 5.92 Å². The number of carbonyl (C=O) groups is 2. The molecule has 3 aromatic rings. The van der Waals surface area contributed by atoms with Crippen LogP contribution in [0.5, 0.6) is 11.5 Å². The second-order valence-corrected chi connectivity index (χ2v) is 9.79. The molecule has 0 bridgehead atoms. The molecule has 200 valence electrons. The smallest absolute Gasteiger partial charge is 0.310 e. The van der Waals surface area contributed by atoms with Gasteiger partial charge in [0.2, 0.25) is 12.7 Å². The Bertz CT molecular complexity index is 1290. The zero-order chi connectivity index (χ0) is 26.5. The number of ether oxygens (including phenoxy) is 3. The number of fused-ring (bicyclic) bond motifs is 1. The minimum Gasteiger partial charge on any atom is -0.466 e. The Kier molecular flexibility index (Phi) is 7.93. The Morgan fingerprint density at radius 1 is 1.08 bits per heavy atom. The predicted octanol–water partition coefficient (Wildman–Crippen LogP) is 4.33. The van der Waals surface area contributed by atoms with Gasteiger partial charge in [-0.25, -0.2) is 4.98 Å². The van der Waals surface area contributed by atoms with Crippen molar-refractivity contribution >= 4 is 11.9 Å². The third-order valence-corrected chi connectivity index (χ3v) is 6.79. The Balaban J connectivity index is 1.29. The van der Waals surface area contributed by atoms with Crippen molar-refractivity contribution in [3.05, 3.63) is 77.0 Å². The zero-order valence-electron chi connectivity index (χ0n) is 21.9. The number of hydrogen-bond acceptors (Lipinski definition) is 8. The molecule has 0 saturated carbocycles. The lowest BCUT2D eigenvalue weighted by Gasteiger charge is -2.30. The van der Waals surface area contributed by atoms with E-state index < -0.39 is 0 Å². The van der Waals surface area contributed by atoms with E-state index in [2.05, 4.69) is 35.0 Å². The highest BCUT2D eigenvalue weighted by Gasteiger charge is 2.31. The van der Waals surface area contributed by atoms with Crippen molar-refractivity contribution < 1.29 is 28.2 Å². The van der Waals surface area contributed by atoms with Crippen LogP contribution >= 0.6 is 0 Å². The van der Waals surface area contributed by atoms with Gasteiger partial charge in [0.05, 0.1) is 19.1 Å². The molecule has 38 heavy (non-hydrogen) atoms. The lowest BCUT2D eigenvalue weighted by Crippen LogP contribution is -2.43. The summed E-state index contributed by atoms with van der Waals surface area (Å²) < 4.78 is 21.9. The van der Waals surface area contributed by atoms with Crippen LogP contribution in [-0.4, -0.2) is 53.1 Å². The van der Waals surface area contributed by atoms with Crippen molar-refractivity contribution in [3.63, 3.8) is 0 Å². The van der Waals surface area contributed by atoms with Gasteiger partial charge < -0.3 is 23.5 Å². The van der Waals surface area contributed by atoms with Gasteiger partial charge in [-0.2, -0.15) is 0 Å². The van der Waals surface area contributed by atoms with Gasteiger partial charge in [0.1, 0.15) is 6.26 Å². The first-order valence-corrected chi connectivity index (χ1v) is 13.0. The van der Waals surface area contributed by atoms with Gasteiger partial charge in [0.25, 0.3) is 5.91 Å². The number of rotatable bonds is 9. The van der Waals surface area contributed by atoms with Crippen molar-refractivity contribution in [3.8, 4) is 11.5 Å². The van der Waals surface area contributed by atoms with Gasteiger partial charge in [-0.3, -0.25) is 14.5 Å². The predicted molar refractivity (Wildman–Crippen MR) is 138 cm³/mol. The van der Waals surface area contributed by atoms with E-state index in [1.165, 1.54) is 17.4 Å². The second-order valence-electron chi connectivity index (χ2n) is 9.79. The second kappa shape index (κ2) is 11.7. The number of aromatic nitrogens is 1. The first-order chi connectivity index (χ1) is 18.5. The van der Waals surface area contributed by atoms with Crippen molar-refractivity contribution in [2.75, 3.05) is 26.5 Å². The van der Waals surface area contributed by atoms with E-state index >= 15 is 0 Å². The maximum absolute atomic E-state index is 13.2. The van der Waals surface area contributed by atoms with E-state index in [1.54, 1.807) is 11.8 Å². The number of nitrogens with zero attached hydrogens (tertiary/aromatic N) is 3. The first kappa shape index (κ1) is 25.8. The van der Waals surface area contributed by atoms with E-state index in [1.807, 2.05) is 24.3 Å². The third-order valence-electron chi connectivity index (χ3n) is 6.79. The molecule has 9 nitrogen and oxygen atoms in total. The number of amides is 1. The minimum absolute atomic E-state index is 0.227. The Labute approximate surface area is 222 Å². The molecule has 2 aliphatic rings. The van der Waals surface area contributed by atoms with Crippen LogP contribution in [0.3, 0.4) is 0 Å². The van der Waals surface area contributed by atoms with Crippen LogP contribution in [0.4, 0.5) is 0 Å². The average molecular weight is 520 g/mol.